The van der Waals surface area contributed by atoms with Gasteiger partial charge in [-0.3, -0.25) is 0 Å². The predicted molar refractivity (Wildman–Crippen MR) is 73.1 cm³/mol. The number of nitrogen functional groups attached to an aromatic ring is 1. The molecule has 1 heterocycles. The van der Waals surface area contributed by atoms with Crippen molar-refractivity contribution < 1.29 is 9.84 Å². The number of anilines is 2. The van der Waals surface area contributed by atoms with E-state index in [1.165, 1.54) is 0 Å². The number of pyridine rings is 1. The van der Waals surface area contributed by atoms with Crippen molar-refractivity contribution >= 4 is 22.3 Å². The highest BCUT2D eigenvalue weighted by atomic mass is 16.5. The van der Waals surface area contributed by atoms with Crippen molar-refractivity contribution in [2.24, 2.45) is 0 Å². The molecule has 5 heteroatoms. The summed E-state index contributed by atoms with van der Waals surface area (Å²) in [6.45, 7) is 0.571. The zero-order chi connectivity index (χ0) is 13.1. The molecule has 0 radical (unpaired) electrons. The van der Waals surface area contributed by atoms with Crippen molar-refractivity contribution in [2.45, 2.75) is 0 Å². The zero-order valence-corrected chi connectivity index (χ0v) is 10.6. The van der Waals surface area contributed by atoms with Crippen molar-refractivity contribution in [2.75, 3.05) is 37.9 Å². The van der Waals surface area contributed by atoms with Gasteiger partial charge in [0, 0.05) is 30.9 Å². The molecule has 0 unspecified atom stereocenters. The molecule has 1 aromatic carbocycles. The first kappa shape index (κ1) is 12.4. The van der Waals surface area contributed by atoms with Gasteiger partial charge < -0.3 is 20.5 Å². The summed E-state index contributed by atoms with van der Waals surface area (Å²) >= 11 is 0. The summed E-state index contributed by atoms with van der Waals surface area (Å²) in [5.74, 6) is 1.51. The lowest BCUT2D eigenvalue weighted by molar-refractivity contribution is 0.304. The third-order valence-corrected chi connectivity index (χ3v) is 2.92. The van der Waals surface area contributed by atoms with Crippen molar-refractivity contribution in [3.8, 4) is 5.75 Å². The second kappa shape index (κ2) is 5.10. The topological polar surface area (TPSA) is 71.6 Å². The normalized spacial score (nSPS) is 10.6. The van der Waals surface area contributed by atoms with Crippen LogP contribution >= 0.6 is 0 Å². The monoisotopic (exact) mass is 247 g/mol. The van der Waals surface area contributed by atoms with Crippen molar-refractivity contribution in [3.63, 3.8) is 0 Å². The van der Waals surface area contributed by atoms with E-state index in [1.807, 2.05) is 24.1 Å². The molecule has 2 aromatic rings. The molecular formula is C13H17N3O2. The Labute approximate surface area is 106 Å². The fourth-order valence-corrected chi connectivity index (χ4v) is 2.00. The van der Waals surface area contributed by atoms with E-state index in [0.717, 1.165) is 22.3 Å². The quantitative estimate of drug-likeness (QED) is 0.796. The van der Waals surface area contributed by atoms with Crippen LogP contribution in [0, 0.1) is 0 Å². The largest absolute Gasteiger partial charge is 0.496 e. The molecule has 2 rings (SSSR count). The zero-order valence-electron chi connectivity index (χ0n) is 10.6. The first-order chi connectivity index (χ1) is 8.69. The van der Waals surface area contributed by atoms with Crippen LogP contribution in [-0.4, -0.2) is 37.4 Å². The van der Waals surface area contributed by atoms with Gasteiger partial charge in [-0.15, -0.1) is 0 Å². The molecule has 0 bridgehead atoms. The van der Waals surface area contributed by atoms with Crippen LogP contribution in [0.4, 0.5) is 11.5 Å². The molecule has 0 saturated carbocycles. The minimum absolute atomic E-state index is 0.0679. The maximum Gasteiger partial charge on any atom is 0.138 e. The van der Waals surface area contributed by atoms with Crippen LogP contribution in [0.15, 0.2) is 24.4 Å². The van der Waals surface area contributed by atoms with Gasteiger partial charge in [0.25, 0.3) is 0 Å². The van der Waals surface area contributed by atoms with Gasteiger partial charge in [-0.1, -0.05) is 0 Å². The highest BCUT2D eigenvalue weighted by Gasteiger charge is 2.12. The Hall–Kier alpha value is -2.01. The minimum atomic E-state index is 0.0679. The Kier molecular flexibility index (Phi) is 3.53. The van der Waals surface area contributed by atoms with Gasteiger partial charge in [0.2, 0.25) is 0 Å². The molecular weight excluding hydrogens is 230 g/mol. The van der Waals surface area contributed by atoms with Crippen LogP contribution in [0.3, 0.4) is 0 Å². The standard InChI is InChI=1S/C13H17N3O2/c1-16(7-8-17)13-12-9(5-6-15-13)11(18-2)4-3-10(12)14/h3-6,17H,7-8,14H2,1-2H3. The lowest BCUT2D eigenvalue weighted by Gasteiger charge is -2.20. The van der Waals surface area contributed by atoms with Gasteiger partial charge in [0.1, 0.15) is 11.6 Å². The third-order valence-electron chi connectivity index (χ3n) is 2.92. The number of nitrogens with zero attached hydrogens (tertiary/aromatic N) is 2. The van der Waals surface area contributed by atoms with E-state index in [9.17, 15) is 0 Å². The van der Waals surface area contributed by atoms with Crippen LogP contribution in [0.1, 0.15) is 0 Å². The molecule has 0 aliphatic rings. The molecule has 5 nitrogen and oxygen atoms in total. The summed E-state index contributed by atoms with van der Waals surface area (Å²) in [6, 6.07) is 5.52. The lowest BCUT2D eigenvalue weighted by atomic mass is 10.1. The summed E-state index contributed by atoms with van der Waals surface area (Å²) in [5, 5.41) is 10.8. The van der Waals surface area contributed by atoms with Gasteiger partial charge in [-0.25, -0.2) is 4.98 Å². The van der Waals surface area contributed by atoms with Crippen LogP contribution in [0.2, 0.25) is 0 Å². The molecule has 0 spiro atoms. The predicted octanol–water partition coefficient (Wildman–Crippen LogP) is 1.25. The van der Waals surface area contributed by atoms with Gasteiger partial charge in [-0.2, -0.15) is 0 Å². The van der Waals surface area contributed by atoms with Gasteiger partial charge in [0.15, 0.2) is 0 Å². The number of aliphatic hydroxyl groups is 1. The second-order valence-electron chi connectivity index (χ2n) is 4.06. The van der Waals surface area contributed by atoms with Crippen molar-refractivity contribution in [1.82, 2.24) is 4.98 Å². The number of fused-ring (bicyclic) bond motifs is 1. The van der Waals surface area contributed by atoms with Crippen molar-refractivity contribution in [1.29, 1.82) is 0 Å². The number of rotatable bonds is 4. The Balaban J connectivity index is 2.68. The summed E-state index contributed by atoms with van der Waals surface area (Å²) in [4.78, 5) is 6.21. The Morgan fingerprint density at radius 2 is 2.17 bits per heavy atom. The minimum Gasteiger partial charge on any atom is -0.496 e. The highest BCUT2D eigenvalue weighted by Crippen LogP contribution is 2.34. The number of methoxy groups -OCH3 is 1. The average molecular weight is 247 g/mol. The first-order valence-electron chi connectivity index (χ1n) is 5.72. The van der Waals surface area contributed by atoms with E-state index in [2.05, 4.69) is 4.98 Å². The van der Waals surface area contributed by atoms with E-state index < -0.39 is 0 Å². The van der Waals surface area contributed by atoms with E-state index in [4.69, 9.17) is 15.6 Å². The number of aliphatic hydroxyl groups excluding tert-OH is 1. The fraction of sp³-hybridized carbons (Fsp3) is 0.308. The Morgan fingerprint density at radius 3 is 2.83 bits per heavy atom. The molecule has 96 valence electrons. The summed E-state index contributed by atoms with van der Waals surface area (Å²) in [7, 11) is 3.50. The van der Waals surface area contributed by atoms with Gasteiger partial charge in [0.05, 0.1) is 19.1 Å². The van der Waals surface area contributed by atoms with Gasteiger partial charge in [-0.05, 0) is 18.2 Å². The van der Waals surface area contributed by atoms with E-state index in [1.54, 1.807) is 19.4 Å². The molecule has 1 aromatic heterocycles. The number of aromatic nitrogens is 1. The summed E-state index contributed by atoms with van der Waals surface area (Å²) in [5.41, 5.74) is 6.68. The number of benzene rings is 1. The van der Waals surface area contributed by atoms with Crippen LogP contribution in [0.5, 0.6) is 5.75 Å². The number of likely N-dealkylation sites (N-methyl/N-ethyl adjacent to an activating group) is 1. The van der Waals surface area contributed by atoms with Crippen LogP contribution < -0.4 is 15.4 Å². The molecule has 0 aliphatic heterocycles. The van der Waals surface area contributed by atoms with Crippen LogP contribution in [-0.2, 0) is 0 Å². The van der Waals surface area contributed by atoms with Gasteiger partial charge >= 0.3 is 0 Å². The highest BCUT2D eigenvalue weighted by molar-refractivity contribution is 6.04. The molecule has 0 fully saturated rings. The molecule has 0 saturated heterocycles. The first-order valence-corrected chi connectivity index (χ1v) is 5.72. The summed E-state index contributed by atoms with van der Waals surface area (Å²) < 4.78 is 5.33. The number of nitrogens with two attached hydrogens (primary N) is 1. The lowest BCUT2D eigenvalue weighted by Crippen LogP contribution is -2.22. The maximum atomic E-state index is 9.01. The Morgan fingerprint density at radius 1 is 1.39 bits per heavy atom. The van der Waals surface area contributed by atoms with E-state index in [0.29, 0.717) is 12.2 Å². The number of ether oxygens (including phenoxy) is 1. The fourth-order valence-electron chi connectivity index (χ4n) is 2.00. The number of hydrogen-bond donors (Lipinski definition) is 2. The third kappa shape index (κ3) is 2.04. The van der Waals surface area contributed by atoms with Crippen LogP contribution in [0.25, 0.3) is 10.8 Å². The maximum absolute atomic E-state index is 9.01. The van der Waals surface area contributed by atoms with Crippen molar-refractivity contribution in [3.05, 3.63) is 24.4 Å². The second-order valence-corrected chi connectivity index (χ2v) is 4.06. The molecule has 3 N–H and O–H groups in total. The molecule has 0 atom stereocenters. The number of hydrogen-bond acceptors (Lipinski definition) is 5. The molecule has 0 amide bonds. The summed E-state index contributed by atoms with van der Waals surface area (Å²) in [6.07, 6.45) is 1.72. The smallest absolute Gasteiger partial charge is 0.138 e. The Bertz CT molecular complexity index is 557. The van der Waals surface area contributed by atoms with E-state index in [-0.39, 0.29) is 6.61 Å². The average Bonchev–Trinajstić information content (AvgIpc) is 2.39. The SMILES string of the molecule is COc1ccc(N)c2c(N(C)CCO)nccc12. The van der Waals surface area contributed by atoms with E-state index >= 15 is 0 Å². The molecule has 0 aliphatic carbocycles. The molecule has 18 heavy (non-hydrogen) atoms.